The van der Waals surface area contributed by atoms with Gasteiger partial charge < -0.3 is 14.4 Å². The minimum absolute atomic E-state index is 0.833. The summed E-state index contributed by atoms with van der Waals surface area (Å²) in [5.74, 6) is -0.833. The van der Waals surface area contributed by atoms with Crippen LogP contribution >= 0.6 is 0 Å². The van der Waals surface area contributed by atoms with Crippen LogP contribution in [0.3, 0.4) is 0 Å². The number of hydrogen-bond acceptors (Lipinski definition) is 4. The molecule has 0 spiro atoms. The number of carboxylic acid groups (broad SMARTS) is 1. The highest BCUT2D eigenvalue weighted by molar-refractivity contribution is 5.62. The van der Waals surface area contributed by atoms with Crippen LogP contribution in [0.5, 0.6) is 0 Å². The van der Waals surface area contributed by atoms with Crippen LogP contribution in [-0.4, -0.2) is 15.7 Å². The Balaban J connectivity index is 0. The van der Waals surface area contributed by atoms with Crippen LogP contribution in [0, 0.1) is 10.8 Å². The molecule has 8 heavy (non-hydrogen) atoms. The van der Waals surface area contributed by atoms with E-state index in [2.05, 4.69) is 0 Å². The van der Waals surface area contributed by atoms with Crippen LogP contribution < -0.4 is 9.32 Å². The van der Waals surface area contributed by atoms with Gasteiger partial charge in [0.1, 0.15) is 0 Å². The SMILES string of the molecule is CC(=O)O.[O-][Cl+2]([O-])O. The number of hydrogen-bond donors (Lipinski definition) is 2. The number of rotatable bonds is 0. The third kappa shape index (κ3) is 937. The van der Waals surface area contributed by atoms with Crippen molar-refractivity contribution in [1.29, 1.82) is 0 Å². The Bertz CT molecular complexity index is 54.7. The molecule has 0 heterocycles. The molecule has 0 rings (SSSR count). The van der Waals surface area contributed by atoms with Crippen molar-refractivity contribution < 1.29 is 34.7 Å². The minimum Gasteiger partial charge on any atom is -0.481 e. The van der Waals surface area contributed by atoms with E-state index >= 15 is 0 Å². The monoisotopic (exact) mass is 144 g/mol. The van der Waals surface area contributed by atoms with E-state index in [4.69, 9.17) is 23.9 Å². The van der Waals surface area contributed by atoms with E-state index in [-0.39, 0.29) is 0 Å². The molecule has 2 N–H and O–H groups in total. The smallest absolute Gasteiger partial charge is 0.300 e. The van der Waals surface area contributed by atoms with Crippen molar-refractivity contribution in [2.45, 2.75) is 6.92 Å². The zero-order chi connectivity index (χ0) is 7.15. The lowest BCUT2D eigenvalue weighted by molar-refractivity contribution is -1.63. The van der Waals surface area contributed by atoms with Crippen LogP contribution in [0.25, 0.3) is 0 Å². The van der Waals surface area contributed by atoms with Gasteiger partial charge >= 0.3 is 0 Å². The first kappa shape index (κ1) is 10.6. The van der Waals surface area contributed by atoms with Crippen LogP contribution in [0.2, 0.25) is 0 Å². The fourth-order valence-corrected chi connectivity index (χ4v) is 0. The first-order chi connectivity index (χ1) is 3.46. The molecule has 0 saturated carbocycles. The van der Waals surface area contributed by atoms with Gasteiger partial charge in [0, 0.05) is 11.6 Å². The van der Waals surface area contributed by atoms with Gasteiger partial charge in [-0.05, 0) is 0 Å². The summed E-state index contributed by atoms with van der Waals surface area (Å²) in [6.45, 7) is 1.08. The van der Waals surface area contributed by atoms with Crippen LogP contribution in [0.15, 0.2) is 0 Å². The zero-order valence-electron chi connectivity index (χ0n) is 4.00. The first-order valence-electron chi connectivity index (χ1n) is 1.41. The standard InChI is InChI=1S/C2H4O2.ClHO3/c1-2(3)4;2-1(3)4/h1H3,(H,3,4);2H. The Morgan fingerprint density at radius 3 is 1.62 bits per heavy atom. The third-order valence-corrected chi connectivity index (χ3v) is 0. The average molecular weight is 145 g/mol. The van der Waals surface area contributed by atoms with E-state index in [0.29, 0.717) is 0 Å². The Kier molecular flexibility index (Phi) is 8.79. The summed E-state index contributed by atoms with van der Waals surface area (Å²) in [6, 6.07) is 0. The van der Waals surface area contributed by atoms with Crippen molar-refractivity contribution in [3.8, 4) is 0 Å². The second-order valence-electron chi connectivity index (χ2n) is 0.720. The highest BCUT2D eigenvalue weighted by atomic mass is 35.6. The van der Waals surface area contributed by atoms with Crippen molar-refractivity contribution in [2.75, 3.05) is 0 Å². The van der Waals surface area contributed by atoms with E-state index in [1.54, 1.807) is 0 Å². The van der Waals surface area contributed by atoms with E-state index in [0.717, 1.165) is 6.92 Å². The van der Waals surface area contributed by atoms with Gasteiger partial charge in [-0.1, -0.05) is 0 Å². The molecule has 0 atom stereocenters. The highest BCUT2D eigenvalue weighted by Crippen LogP contribution is 1.42. The van der Waals surface area contributed by atoms with Gasteiger partial charge in [0.2, 0.25) is 0 Å². The normalized spacial score (nSPS) is 7.62. The Morgan fingerprint density at radius 2 is 1.62 bits per heavy atom. The second-order valence-corrected chi connectivity index (χ2v) is 1.12. The summed E-state index contributed by atoms with van der Waals surface area (Å²) >= 11 is 0. The third-order valence-electron chi connectivity index (χ3n) is 0. The van der Waals surface area contributed by atoms with Gasteiger partial charge in [0.05, 0.1) is 0 Å². The number of aliphatic carboxylic acids is 1. The Labute approximate surface area is 48.6 Å². The molecule has 0 aromatic carbocycles. The first-order valence-corrected chi connectivity index (χ1v) is 2.36. The molecule has 0 fully saturated rings. The van der Waals surface area contributed by atoms with Gasteiger partial charge in [-0.3, -0.25) is 4.79 Å². The van der Waals surface area contributed by atoms with Crippen molar-refractivity contribution in [3.63, 3.8) is 0 Å². The Morgan fingerprint density at radius 1 is 1.62 bits per heavy atom. The molecule has 0 aliphatic carbocycles. The molecule has 0 saturated heterocycles. The molecular formula is C2H5ClO5. The molecule has 0 radical (unpaired) electrons. The van der Waals surface area contributed by atoms with Gasteiger partial charge in [0.25, 0.3) is 16.8 Å². The largest absolute Gasteiger partial charge is 0.481 e. The Hall–Kier alpha value is -0.360. The summed E-state index contributed by atoms with van der Waals surface area (Å²) in [5.41, 5.74) is 0. The van der Waals surface area contributed by atoms with Crippen molar-refractivity contribution in [2.24, 2.45) is 0 Å². The van der Waals surface area contributed by atoms with Crippen LogP contribution in [-0.2, 0) is 4.79 Å². The quantitative estimate of drug-likeness (QED) is 0.381. The predicted octanol–water partition coefficient (Wildman–Crippen LogP) is -2.84. The van der Waals surface area contributed by atoms with Crippen molar-refractivity contribution in [1.82, 2.24) is 0 Å². The molecule has 0 aliphatic rings. The molecule has 0 unspecified atom stereocenters. The van der Waals surface area contributed by atoms with Gasteiger partial charge in [-0.15, -0.1) is 0 Å². The molecule has 50 valence electrons. The number of halogens is 1. The molecule has 0 aromatic rings. The van der Waals surface area contributed by atoms with Crippen molar-refractivity contribution >= 4 is 5.97 Å². The maximum Gasteiger partial charge on any atom is 0.300 e. The van der Waals surface area contributed by atoms with E-state index in [9.17, 15) is 0 Å². The number of carbonyl (C=O) groups is 1. The van der Waals surface area contributed by atoms with E-state index < -0.39 is 16.8 Å². The predicted molar refractivity (Wildman–Crippen MR) is 15.5 cm³/mol. The van der Waals surface area contributed by atoms with Crippen LogP contribution in [0.1, 0.15) is 6.92 Å². The fraction of sp³-hybridized carbons (Fsp3) is 0.500. The maximum absolute atomic E-state index is 9.00. The van der Waals surface area contributed by atoms with E-state index in [1.807, 2.05) is 0 Å². The maximum atomic E-state index is 9.00. The molecule has 0 aliphatic heterocycles. The number of carboxylic acids is 1. The molecule has 5 nitrogen and oxygen atoms in total. The topological polar surface area (TPSA) is 104 Å². The van der Waals surface area contributed by atoms with Gasteiger partial charge in [0.15, 0.2) is 0 Å². The molecule has 6 heteroatoms. The highest BCUT2D eigenvalue weighted by Gasteiger charge is 1.79. The second kappa shape index (κ2) is 6.64. The van der Waals surface area contributed by atoms with Crippen molar-refractivity contribution in [3.05, 3.63) is 0 Å². The lowest BCUT2D eigenvalue weighted by Gasteiger charge is -1.72. The lowest BCUT2D eigenvalue weighted by Crippen LogP contribution is -2.30. The summed E-state index contributed by atoms with van der Waals surface area (Å²) in [6.07, 6.45) is 0. The summed E-state index contributed by atoms with van der Waals surface area (Å²) in [4.78, 5) is 9.00. The molecule has 0 aromatic heterocycles. The average Bonchev–Trinajstić information content (AvgIpc) is 1.25. The summed E-state index contributed by atoms with van der Waals surface area (Å²) in [7, 11) is -2.60. The lowest BCUT2D eigenvalue weighted by atomic mass is 10.9. The molecule has 0 amide bonds. The summed E-state index contributed by atoms with van der Waals surface area (Å²) in [5, 5.41) is 7.42. The molecular weight excluding hydrogens is 139 g/mol. The van der Waals surface area contributed by atoms with Crippen LogP contribution in [0.4, 0.5) is 0 Å². The zero-order valence-corrected chi connectivity index (χ0v) is 4.75. The summed E-state index contributed by atoms with van der Waals surface area (Å²) < 4.78 is 24.0. The van der Waals surface area contributed by atoms with Gasteiger partial charge in [-0.25, -0.2) is 0 Å². The molecule has 0 bridgehead atoms. The van der Waals surface area contributed by atoms with E-state index in [1.165, 1.54) is 0 Å². The van der Waals surface area contributed by atoms with Gasteiger partial charge in [-0.2, -0.15) is 0 Å². The fourth-order valence-electron chi connectivity index (χ4n) is 0. The minimum atomic E-state index is -2.60.